The van der Waals surface area contributed by atoms with Gasteiger partial charge in [0.25, 0.3) is 0 Å². The van der Waals surface area contributed by atoms with Crippen LogP contribution in [0, 0.1) is 5.41 Å². The molecule has 0 aromatic carbocycles. The average Bonchev–Trinajstić information content (AvgIpc) is 2.60. The van der Waals surface area contributed by atoms with Crippen molar-refractivity contribution in [1.29, 1.82) is 0 Å². The summed E-state index contributed by atoms with van der Waals surface area (Å²) in [6.45, 7) is 6.83. The third kappa shape index (κ3) is 2.32. The van der Waals surface area contributed by atoms with Gasteiger partial charge in [0.15, 0.2) is 0 Å². The molecule has 16 heavy (non-hydrogen) atoms. The molecule has 2 fully saturated rings. The van der Waals surface area contributed by atoms with E-state index < -0.39 is 0 Å². The molecule has 1 saturated carbocycles. The molecule has 0 amide bonds. The van der Waals surface area contributed by atoms with E-state index in [4.69, 9.17) is 0 Å². The third-order valence-corrected chi connectivity index (χ3v) is 4.68. The highest BCUT2D eigenvalue weighted by molar-refractivity contribution is 5.60. The van der Waals surface area contributed by atoms with Crippen LogP contribution in [0.1, 0.15) is 58.8 Å². The van der Waals surface area contributed by atoms with Crippen LogP contribution in [-0.2, 0) is 4.79 Å². The molecule has 1 aliphatic heterocycles. The molecule has 1 aliphatic carbocycles. The summed E-state index contributed by atoms with van der Waals surface area (Å²) in [6, 6.07) is 0. The van der Waals surface area contributed by atoms with Gasteiger partial charge in [-0.25, -0.2) is 0 Å². The Balaban J connectivity index is 2.03. The number of likely N-dealkylation sites (tertiary alicyclic amines) is 1. The molecule has 0 N–H and O–H groups in total. The lowest BCUT2D eigenvalue weighted by Crippen LogP contribution is -2.46. The number of carbonyl (C=O) groups is 1. The van der Waals surface area contributed by atoms with Gasteiger partial charge in [-0.2, -0.15) is 0 Å². The Morgan fingerprint density at radius 1 is 1.06 bits per heavy atom. The first-order valence-corrected chi connectivity index (χ1v) is 6.79. The van der Waals surface area contributed by atoms with E-state index in [1.807, 2.05) is 0 Å². The highest BCUT2D eigenvalue weighted by Crippen LogP contribution is 2.39. The molecule has 0 bridgehead atoms. The van der Waals surface area contributed by atoms with Crippen molar-refractivity contribution in [3.63, 3.8) is 0 Å². The molecule has 92 valence electrons. The largest absolute Gasteiger partial charge is 0.303 e. The first-order chi connectivity index (χ1) is 7.58. The van der Waals surface area contributed by atoms with E-state index in [-0.39, 0.29) is 5.41 Å². The number of hydrogen-bond donors (Lipinski definition) is 0. The second-order valence-corrected chi connectivity index (χ2v) is 6.38. The van der Waals surface area contributed by atoms with Gasteiger partial charge in [0.05, 0.1) is 0 Å². The van der Waals surface area contributed by atoms with Gasteiger partial charge in [-0.15, -0.1) is 0 Å². The Kier molecular flexibility index (Phi) is 3.39. The van der Waals surface area contributed by atoms with Crippen LogP contribution in [0.2, 0.25) is 0 Å². The molecule has 0 aromatic rings. The second-order valence-electron chi connectivity index (χ2n) is 6.38. The zero-order valence-corrected chi connectivity index (χ0v) is 10.8. The predicted molar refractivity (Wildman–Crippen MR) is 66.5 cm³/mol. The minimum absolute atomic E-state index is 0.0140. The second kappa shape index (κ2) is 4.48. The van der Waals surface area contributed by atoms with E-state index >= 15 is 0 Å². The molecule has 1 saturated heterocycles. The Labute approximate surface area is 99.4 Å². The number of nitrogens with zero attached hydrogens (tertiary/aromatic N) is 1. The number of rotatable bonds is 3. The van der Waals surface area contributed by atoms with Crippen molar-refractivity contribution < 1.29 is 4.79 Å². The van der Waals surface area contributed by atoms with Gasteiger partial charge in [0.1, 0.15) is 6.29 Å². The summed E-state index contributed by atoms with van der Waals surface area (Å²) in [5.41, 5.74) is 0.299. The van der Waals surface area contributed by atoms with Crippen molar-refractivity contribution in [3.8, 4) is 0 Å². The van der Waals surface area contributed by atoms with Crippen molar-refractivity contribution in [3.05, 3.63) is 0 Å². The lowest BCUT2D eigenvalue weighted by Gasteiger charge is -2.40. The first-order valence-electron chi connectivity index (χ1n) is 6.79. The number of aldehydes is 1. The van der Waals surface area contributed by atoms with E-state index in [1.165, 1.54) is 44.9 Å². The van der Waals surface area contributed by atoms with Crippen molar-refractivity contribution in [2.75, 3.05) is 13.1 Å². The molecular weight excluding hydrogens is 198 g/mol. The van der Waals surface area contributed by atoms with Crippen LogP contribution in [0.15, 0.2) is 0 Å². The summed E-state index contributed by atoms with van der Waals surface area (Å²) in [5, 5.41) is 0. The fourth-order valence-corrected chi connectivity index (χ4v) is 3.41. The Hall–Kier alpha value is -0.370. The third-order valence-electron chi connectivity index (χ3n) is 4.68. The van der Waals surface area contributed by atoms with Gasteiger partial charge in [0, 0.05) is 17.5 Å². The van der Waals surface area contributed by atoms with Crippen LogP contribution in [0.25, 0.3) is 0 Å². The molecule has 2 heteroatoms. The molecular formula is C14H25NO. The summed E-state index contributed by atoms with van der Waals surface area (Å²) in [4.78, 5) is 14.0. The zero-order valence-electron chi connectivity index (χ0n) is 10.8. The molecule has 0 atom stereocenters. The van der Waals surface area contributed by atoms with Crippen molar-refractivity contribution >= 4 is 6.29 Å². The van der Waals surface area contributed by atoms with E-state index in [0.717, 1.165) is 19.4 Å². The molecule has 0 unspecified atom stereocenters. The maximum absolute atomic E-state index is 11.5. The Morgan fingerprint density at radius 3 is 2.25 bits per heavy atom. The zero-order chi connectivity index (χ0) is 11.6. The van der Waals surface area contributed by atoms with E-state index in [9.17, 15) is 4.79 Å². The molecule has 0 spiro atoms. The van der Waals surface area contributed by atoms with E-state index in [1.54, 1.807) is 0 Å². The number of carbonyl (C=O) groups excluding carboxylic acids is 1. The maximum atomic E-state index is 11.5. The molecule has 0 radical (unpaired) electrons. The van der Waals surface area contributed by atoms with Crippen LogP contribution < -0.4 is 0 Å². The fraction of sp³-hybridized carbons (Fsp3) is 0.929. The van der Waals surface area contributed by atoms with Crippen LogP contribution in [0.5, 0.6) is 0 Å². The van der Waals surface area contributed by atoms with Crippen molar-refractivity contribution in [1.82, 2.24) is 4.90 Å². The topological polar surface area (TPSA) is 20.3 Å². The highest BCUT2D eigenvalue weighted by Gasteiger charge is 2.39. The monoisotopic (exact) mass is 223 g/mol. The predicted octanol–water partition coefficient (Wildman–Crippen LogP) is 3.01. The lowest BCUT2D eigenvalue weighted by molar-refractivity contribution is -0.119. The van der Waals surface area contributed by atoms with Crippen LogP contribution in [0.3, 0.4) is 0 Å². The lowest BCUT2D eigenvalue weighted by atomic mass is 9.74. The molecule has 1 heterocycles. The normalized spacial score (nSPS) is 29.1. The van der Waals surface area contributed by atoms with Gasteiger partial charge in [0.2, 0.25) is 0 Å². The molecule has 2 nitrogen and oxygen atoms in total. The summed E-state index contributed by atoms with van der Waals surface area (Å²) in [6.07, 6.45) is 9.87. The van der Waals surface area contributed by atoms with Crippen LogP contribution in [0.4, 0.5) is 0 Å². The van der Waals surface area contributed by atoms with Gasteiger partial charge in [-0.3, -0.25) is 4.90 Å². The van der Waals surface area contributed by atoms with E-state index in [2.05, 4.69) is 18.7 Å². The summed E-state index contributed by atoms with van der Waals surface area (Å²) in [5.74, 6) is 0. The Morgan fingerprint density at radius 2 is 1.75 bits per heavy atom. The smallest absolute Gasteiger partial charge is 0.127 e. The van der Waals surface area contributed by atoms with Gasteiger partial charge in [-0.05, 0) is 46.1 Å². The van der Waals surface area contributed by atoms with E-state index in [0.29, 0.717) is 5.54 Å². The van der Waals surface area contributed by atoms with Crippen molar-refractivity contribution in [2.45, 2.75) is 64.3 Å². The number of hydrogen-bond acceptors (Lipinski definition) is 2. The summed E-state index contributed by atoms with van der Waals surface area (Å²) < 4.78 is 0. The standard InChI is InChI=1S/C14H25NO/c1-13(2)7-6-10-15(13)11-14(12-16)8-4-3-5-9-14/h12H,3-11H2,1-2H3. The SMILES string of the molecule is CC1(C)CCCN1CC1(C=O)CCCCC1. The molecule has 2 aliphatic rings. The molecule has 2 rings (SSSR count). The van der Waals surface area contributed by atoms with Crippen molar-refractivity contribution in [2.24, 2.45) is 5.41 Å². The highest BCUT2D eigenvalue weighted by atomic mass is 16.1. The Bertz CT molecular complexity index is 253. The van der Waals surface area contributed by atoms with Gasteiger partial charge >= 0.3 is 0 Å². The minimum atomic E-state index is -0.0140. The average molecular weight is 223 g/mol. The molecule has 0 aromatic heterocycles. The maximum Gasteiger partial charge on any atom is 0.127 e. The summed E-state index contributed by atoms with van der Waals surface area (Å²) >= 11 is 0. The summed E-state index contributed by atoms with van der Waals surface area (Å²) in [7, 11) is 0. The van der Waals surface area contributed by atoms with Gasteiger partial charge < -0.3 is 4.79 Å². The quantitative estimate of drug-likeness (QED) is 0.685. The minimum Gasteiger partial charge on any atom is -0.303 e. The van der Waals surface area contributed by atoms with Crippen LogP contribution in [-0.4, -0.2) is 29.8 Å². The first kappa shape index (κ1) is 12.1. The fourth-order valence-electron chi connectivity index (χ4n) is 3.41. The van der Waals surface area contributed by atoms with Gasteiger partial charge in [-0.1, -0.05) is 19.3 Å². The van der Waals surface area contributed by atoms with Crippen LogP contribution >= 0.6 is 0 Å².